The van der Waals surface area contributed by atoms with Gasteiger partial charge in [-0.1, -0.05) is 35.4 Å². The first kappa shape index (κ1) is 20.9. The lowest BCUT2D eigenvalue weighted by Gasteiger charge is -2.27. The smallest absolute Gasteiger partial charge is 0.184 e. The SMILES string of the molecule is CO/N=C(\C)c1ccn2c(Cc3ccc4nc(NC5CCCCC5O)sc4c3)cnc2c1. The van der Waals surface area contributed by atoms with Gasteiger partial charge < -0.3 is 19.7 Å². The van der Waals surface area contributed by atoms with E-state index in [1.807, 2.05) is 31.5 Å². The zero-order valence-electron chi connectivity index (χ0n) is 18.3. The van der Waals surface area contributed by atoms with Crippen molar-refractivity contribution in [2.75, 3.05) is 12.4 Å². The summed E-state index contributed by atoms with van der Waals surface area (Å²) < 4.78 is 3.26. The summed E-state index contributed by atoms with van der Waals surface area (Å²) >= 11 is 1.65. The molecule has 1 aliphatic carbocycles. The normalized spacial score (nSPS) is 19.5. The largest absolute Gasteiger partial charge is 0.399 e. The number of oxime groups is 1. The van der Waals surface area contributed by atoms with E-state index < -0.39 is 0 Å². The minimum atomic E-state index is -0.286. The van der Waals surface area contributed by atoms with Crippen LogP contribution in [0.4, 0.5) is 5.13 Å². The molecule has 5 rings (SSSR count). The third kappa shape index (κ3) is 4.20. The molecule has 2 unspecified atom stereocenters. The van der Waals surface area contributed by atoms with Gasteiger partial charge in [0.1, 0.15) is 12.8 Å². The molecule has 8 heteroatoms. The molecule has 1 aromatic carbocycles. The average Bonchev–Trinajstić information content (AvgIpc) is 3.38. The number of nitrogens with one attached hydrogen (secondary N) is 1. The summed E-state index contributed by atoms with van der Waals surface area (Å²) in [5, 5.41) is 18.6. The molecule has 2 N–H and O–H groups in total. The van der Waals surface area contributed by atoms with Gasteiger partial charge in [-0.05, 0) is 49.6 Å². The Morgan fingerprint density at radius 2 is 2.16 bits per heavy atom. The summed E-state index contributed by atoms with van der Waals surface area (Å²) in [7, 11) is 1.55. The van der Waals surface area contributed by atoms with Crippen molar-refractivity contribution in [3.05, 3.63) is 59.5 Å². The van der Waals surface area contributed by atoms with Crippen molar-refractivity contribution in [3.63, 3.8) is 0 Å². The van der Waals surface area contributed by atoms with Gasteiger partial charge in [0.15, 0.2) is 5.13 Å². The van der Waals surface area contributed by atoms with Crippen molar-refractivity contribution < 1.29 is 9.94 Å². The van der Waals surface area contributed by atoms with Crippen LogP contribution in [0.2, 0.25) is 0 Å². The maximum atomic E-state index is 10.2. The van der Waals surface area contributed by atoms with E-state index in [9.17, 15) is 5.11 Å². The van der Waals surface area contributed by atoms with E-state index in [-0.39, 0.29) is 12.1 Å². The van der Waals surface area contributed by atoms with Crippen molar-refractivity contribution in [1.29, 1.82) is 0 Å². The molecule has 0 amide bonds. The molecular formula is C24H27N5O2S. The lowest BCUT2D eigenvalue weighted by Crippen LogP contribution is -2.36. The number of hydrogen-bond acceptors (Lipinski definition) is 7. The monoisotopic (exact) mass is 449 g/mol. The highest BCUT2D eigenvalue weighted by Crippen LogP contribution is 2.30. The number of imidazole rings is 1. The predicted molar refractivity (Wildman–Crippen MR) is 129 cm³/mol. The van der Waals surface area contributed by atoms with Gasteiger partial charge in [0.05, 0.1) is 28.1 Å². The summed E-state index contributed by atoms with van der Waals surface area (Å²) in [6.07, 6.45) is 8.58. The molecule has 0 spiro atoms. The van der Waals surface area contributed by atoms with Crippen LogP contribution < -0.4 is 5.32 Å². The molecule has 2 atom stereocenters. The second-order valence-electron chi connectivity index (χ2n) is 8.35. The maximum absolute atomic E-state index is 10.2. The van der Waals surface area contributed by atoms with Gasteiger partial charge in [-0.25, -0.2) is 9.97 Å². The number of fused-ring (bicyclic) bond motifs is 2. The Hall–Kier alpha value is -2.97. The van der Waals surface area contributed by atoms with Crippen molar-refractivity contribution in [1.82, 2.24) is 14.4 Å². The van der Waals surface area contributed by atoms with E-state index in [4.69, 9.17) is 9.82 Å². The summed E-state index contributed by atoms with van der Waals surface area (Å²) in [5.74, 6) is 0. The zero-order chi connectivity index (χ0) is 22.1. The number of benzene rings is 1. The van der Waals surface area contributed by atoms with Gasteiger partial charge in [-0.15, -0.1) is 0 Å². The fraction of sp³-hybridized carbons (Fsp3) is 0.375. The van der Waals surface area contributed by atoms with Crippen LogP contribution in [0.3, 0.4) is 0 Å². The van der Waals surface area contributed by atoms with Crippen LogP contribution in [-0.4, -0.2) is 44.4 Å². The molecule has 0 aliphatic heterocycles. The first-order chi connectivity index (χ1) is 15.6. The van der Waals surface area contributed by atoms with E-state index in [1.165, 1.54) is 5.56 Å². The van der Waals surface area contributed by atoms with E-state index in [0.717, 1.165) is 70.1 Å². The first-order valence-corrected chi connectivity index (χ1v) is 11.8. The predicted octanol–water partition coefficient (Wildman–Crippen LogP) is 4.62. The molecule has 3 heterocycles. The molecule has 7 nitrogen and oxygen atoms in total. The minimum Gasteiger partial charge on any atom is -0.399 e. The quantitative estimate of drug-likeness (QED) is 0.331. The minimum absolute atomic E-state index is 0.101. The Morgan fingerprint density at radius 1 is 1.28 bits per heavy atom. The standard InChI is InChI=1S/C24H27N5O2S/c1-15(28-31-2)17-9-10-29-18(14-25-23(29)13-17)11-16-7-8-20-22(12-16)32-24(27-20)26-19-5-3-4-6-21(19)30/h7-10,12-14,19,21,30H,3-6,11H2,1-2H3,(H,26,27)/b28-15+. The van der Waals surface area contributed by atoms with Crippen LogP contribution in [0, 0.1) is 0 Å². The Morgan fingerprint density at radius 3 is 3.00 bits per heavy atom. The van der Waals surface area contributed by atoms with E-state index >= 15 is 0 Å². The van der Waals surface area contributed by atoms with Crippen LogP contribution in [0.15, 0.2) is 47.9 Å². The number of hydrogen-bond donors (Lipinski definition) is 2. The highest BCUT2D eigenvalue weighted by molar-refractivity contribution is 7.22. The number of pyridine rings is 1. The van der Waals surface area contributed by atoms with Crippen LogP contribution >= 0.6 is 11.3 Å². The number of nitrogens with zero attached hydrogens (tertiary/aromatic N) is 4. The Balaban J connectivity index is 1.36. The molecule has 3 aromatic heterocycles. The summed E-state index contributed by atoms with van der Waals surface area (Å²) in [5.41, 5.74) is 6.03. The number of aliphatic hydroxyl groups excluding tert-OH is 1. The summed E-state index contributed by atoms with van der Waals surface area (Å²) in [6.45, 7) is 1.92. The Bertz CT molecular complexity index is 1280. The van der Waals surface area contributed by atoms with E-state index in [2.05, 4.69) is 38.1 Å². The van der Waals surface area contributed by atoms with Gasteiger partial charge in [-0.2, -0.15) is 0 Å². The number of rotatable bonds is 6. The van der Waals surface area contributed by atoms with Gasteiger partial charge >= 0.3 is 0 Å². The zero-order valence-corrected chi connectivity index (χ0v) is 19.1. The van der Waals surface area contributed by atoms with Crippen LogP contribution in [0.5, 0.6) is 0 Å². The Labute approximate surface area is 190 Å². The third-order valence-electron chi connectivity index (χ3n) is 6.11. The van der Waals surface area contributed by atoms with Crippen molar-refractivity contribution in [2.45, 2.75) is 51.2 Å². The maximum Gasteiger partial charge on any atom is 0.184 e. The third-order valence-corrected chi connectivity index (χ3v) is 7.06. The van der Waals surface area contributed by atoms with E-state index in [1.54, 1.807) is 18.4 Å². The molecule has 0 bridgehead atoms. The topological polar surface area (TPSA) is 84.0 Å². The number of thiazole rings is 1. The lowest BCUT2D eigenvalue weighted by atomic mass is 9.93. The van der Waals surface area contributed by atoms with Gasteiger partial charge in [-0.3, -0.25) is 0 Å². The molecule has 0 saturated heterocycles. The Kier molecular flexibility index (Phi) is 5.80. The van der Waals surface area contributed by atoms with Crippen LogP contribution in [0.25, 0.3) is 15.9 Å². The summed E-state index contributed by atoms with van der Waals surface area (Å²) in [6, 6.07) is 10.6. The molecule has 32 heavy (non-hydrogen) atoms. The molecule has 1 aliphatic rings. The second-order valence-corrected chi connectivity index (χ2v) is 9.38. The molecule has 4 aromatic rings. The average molecular weight is 450 g/mol. The molecule has 166 valence electrons. The second kappa shape index (κ2) is 8.88. The fourth-order valence-electron chi connectivity index (χ4n) is 4.37. The molecule has 1 fully saturated rings. The van der Waals surface area contributed by atoms with E-state index in [0.29, 0.717) is 0 Å². The molecular weight excluding hydrogens is 422 g/mol. The molecule has 1 saturated carbocycles. The lowest BCUT2D eigenvalue weighted by molar-refractivity contribution is 0.116. The van der Waals surface area contributed by atoms with Crippen molar-refractivity contribution >= 4 is 38.0 Å². The van der Waals surface area contributed by atoms with Gasteiger partial charge in [0.25, 0.3) is 0 Å². The van der Waals surface area contributed by atoms with Gasteiger partial charge in [0.2, 0.25) is 0 Å². The van der Waals surface area contributed by atoms with Crippen molar-refractivity contribution in [3.8, 4) is 0 Å². The summed E-state index contributed by atoms with van der Waals surface area (Å²) in [4.78, 5) is 14.2. The van der Waals surface area contributed by atoms with Crippen molar-refractivity contribution in [2.24, 2.45) is 5.16 Å². The number of aromatic nitrogens is 3. The van der Waals surface area contributed by atoms with Gasteiger partial charge in [0, 0.05) is 30.1 Å². The highest BCUT2D eigenvalue weighted by atomic mass is 32.1. The van der Waals surface area contributed by atoms with Crippen LogP contribution in [-0.2, 0) is 11.3 Å². The number of anilines is 1. The van der Waals surface area contributed by atoms with Crippen LogP contribution in [0.1, 0.15) is 49.4 Å². The first-order valence-electron chi connectivity index (χ1n) is 11.0. The fourth-order valence-corrected chi connectivity index (χ4v) is 5.36. The highest BCUT2D eigenvalue weighted by Gasteiger charge is 2.23. The number of aliphatic hydroxyl groups is 1. The molecule has 0 radical (unpaired) electrons.